The molecule has 1 atom stereocenters. The maximum absolute atomic E-state index is 13.6. The van der Waals surface area contributed by atoms with Gasteiger partial charge in [-0.25, -0.2) is 4.39 Å². The molecule has 0 aromatic heterocycles. The van der Waals surface area contributed by atoms with E-state index in [1.807, 2.05) is 6.08 Å². The molecule has 5 heteroatoms. The molecule has 0 aromatic carbocycles. The summed E-state index contributed by atoms with van der Waals surface area (Å²) in [5.74, 6) is -1.28. The molecule has 1 N–H and O–H groups in total. The van der Waals surface area contributed by atoms with Crippen molar-refractivity contribution in [3.8, 4) is 0 Å². The Morgan fingerprint density at radius 1 is 1.65 bits per heavy atom. The number of hydrogen-bond donors (Lipinski definition) is 1. The van der Waals surface area contributed by atoms with Crippen molar-refractivity contribution in [1.82, 2.24) is 4.90 Å². The first kappa shape index (κ1) is 11.8. The molecule has 1 unspecified atom stereocenters. The summed E-state index contributed by atoms with van der Waals surface area (Å²) in [6.07, 6.45) is 2.99. The Balaban J connectivity index is 2.28. The van der Waals surface area contributed by atoms with Crippen LogP contribution in [0, 0.1) is 5.41 Å². The summed E-state index contributed by atoms with van der Waals surface area (Å²) in [6, 6.07) is -0.309. The second-order valence-corrected chi connectivity index (χ2v) is 4.90. The topological polar surface area (TPSA) is 52.9 Å². The molecule has 0 fully saturated rings. The number of hydrogen-bond acceptors (Lipinski definition) is 3. The molecule has 0 spiro atoms. The Kier molecular flexibility index (Phi) is 2.56. The predicted molar refractivity (Wildman–Crippen MR) is 62.3 cm³/mol. The second-order valence-electron chi connectivity index (χ2n) is 4.90. The number of carboxylic acid groups (broad SMARTS) is 1. The fourth-order valence-corrected chi connectivity index (χ4v) is 2.00. The standard InChI is InChI=1S/C12H15FN2O2/c1-7(12(2,3)11(16)17)15-5-4-9-10(15)8(13)6-14-9/h4,6-7H,5H2,1-3H3,(H,16,17). The molecule has 0 radical (unpaired) electrons. The van der Waals surface area contributed by atoms with Gasteiger partial charge in [-0.15, -0.1) is 0 Å². The summed E-state index contributed by atoms with van der Waals surface area (Å²) >= 11 is 0. The number of halogens is 1. The molecule has 0 saturated carbocycles. The quantitative estimate of drug-likeness (QED) is 0.817. The summed E-state index contributed by atoms with van der Waals surface area (Å²) in [7, 11) is 0. The Hall–Kier alpha value is -1.65. The van der Waals surface area contributed by atoms with E-state index in [1.165, 1.54) is 6.21 Å². The number of aliphatic imine (C=N–C) groups is 1. The number of rotatable bonds is 3. The van der Waals surface area contributed by atoms with Crippen LogP contribution in [0.5, 0.6) is 0 Å². The Morgan fingerprint density at radius 2 is 2.29 bits per heavy atom. The zero-order valence-corrected chi connectivity index (χ0v) is 10.1. The number of nitrogens with zero attached hydrogens (tertiary/aromatic N) is 2. The highest BCUT2D eigenvalue weighted by molar-refractivity contribution is 5.84. The van der Waals surface area contributed by atoms with Gasteiger partial charge in [0.2, 0.25) is 0 Å². The molecule has 0 amide bonds. The monoisotopic (exact) mass is 238 g/mol. The van der Waals surface area contributed by atoms with Crippen molar-refractivity contribution in [1.29, 1.82) is 0 Å². The van der Waals surface area contributed by atoms with E-state index < -0.39 is 11.4 Å². The molecule has 4 nitrogen and oxygen atoms in total. The number of fused-ring (bicyclic) bond motifs is 1. The SMILES string of the molecule is CC(N1CC=C2N=CC(F)=C21)C(C)(C)C(=O)O. The smallest absolute Gasteiger partial charge is 0.311 e. The van der Waals surface area contributed by atoms with Crippen LogP contribution in [0.3, 0.4) is 0 Å². The minimum Gasteiger partial charge on any atom is -0.481 e. The van der Waals surface area contributed by atoms with Crippen molar-refractivity contribution in [2.24, 2.45) is 10.4 Å². The highest BCUT2D eigenvalue weighted by Crippen LogP contribution is 2.37. The van der Waals surface area contributed by atoms with Gasteiger partial charge in [0.1, 0.15) is 5.70 Å². The molecule has 2 rings (SSSR count). The minimum absolute atomic E-state index is 0.309. The average molecular weight is 238 g/mol. The van der Waals surface area contributed by atoms with Crippen LogP contribution in [0.2, 0.25) is 0 Å². The lowest BCUT2D eigenvalue weighted by Crippen LogP contribution is -2.45. The van der Waals surface area contributed by atoms with Gasteiger partial charge in [0.15, 0.2) is 5.83 Å². The molecule has 2 aliphatic heterocycles. The lowest BCUT2D eigenvalue weighted by Gasteiger charge is -2.36. The zero-order chi connectivity index (χ0) is 12.8. The highest BCUT2D eigenvalue weighted by atomic mass is 19.1. The van der Waals surface area contributed by atoms with E-state index in [0.717, 1.165) is 0 Å². The van der Waals surface area contributed by atoms with Gasteiger partial charge in [-0.1, -0.05) is 0 Å². The van der Waals surface area contributed by atoms with Crippen LogP contribution in [0.15, 0.2) is 28.3 Å². The van der Waals surface area contributed by atoms with Gasteiger partial charge in [0.05, 0.1) is 17.3 Å². The molecule has 0 saturated heterocycles. The fourth-order valence-electron chi connectivity index (χ4n) is 2.00. The maximum atomic E-state index is 13.6. The van der Waals surface area contributed by atoms with Gasteiger partial charge in [-0.2, -0.15) is 0 Å². The second kappa shape index (κ2) is 3.68. The van der Waals surface area contributed by atoms with Crippen molar-refractivity contribution in [2.45, 2.75) is 26.8 Å². The first-order chi connectivity index (χ1) is 7.85. The van der Waals surface area contributed by atoms with E-state index in [0.29, 0.717) is 17.9 Å². The van der Waals surface area contributed by atoms with E-state index in [2.05, 4.69) is 4.99 Å². The molecule has 0 bridgehead atoms. The van der Waals surface area contributed by atoms with Crippen molar-refractivity contribution < 1.29 is 14.3 Å². The van der Waals surface area contributed by atoms with Gasteiger partial charge >= 0.3 is 5.97 Å². The number of allylic oxidation sites excluding steroid dienone is 1. The van der Waals surface area contributed by atoms with Gasteiger partial charge in [0, 0.05) is 12.6 Å². The van der Waals surface area contributed by atoms with Gasteiger partial charge in [0.25, 0.3) is 0 Å². The number of carboxylic acids is 1. The summed E-state index contributed by atoms with van der Waals surface area (Å²) in [4.78, 5) is 16.9. The molecule has 92 valence electrons. The normalized spacial score (nSPS) is 20.7. The molecular weight excluding hydrogens is 223 g/mol. The molecule has 2 aliphatic rings. The summed E-state index contributed by atoms with van der Waals surface area (Å²) in [5, 5.41) is 9.19. The number of aliphatic carboxylic acids is 1. The Labute approximate surface area is 99.1 Å². The van der Waals surface area contributed by atoms with Crippen LogP contribution >= 0.6 is 0 Å². The fraction of sp³-hybridized carbons (Fsp3) is 0.500. The van der Waals surface area contributed by atoms with E-state index in [1.54, 1.807) is 25.7 Å². The minimum atomic E-state index is -0.945. The molecule has 0 aromatic rings. The number of carbonyl (C=O) groups is 1. The van der Waals surface area contributed by atoms with Crippen molar-refractivity contribution in [3.05, 3.63) is 23.3 Å². The Morgan fingerprint density at radius 3 is 2.88 bits per heavy atom. The van der Waals surface area contributed by atoms with Gasteiger partial charge < -0.3 is 10.0 Å². The van der Waals surface area contributed by atoms with Crippen molar-refractivity contribution in [3.63, 3.8) is 0 Å². The summed E-state index contributed by atoms with van der Waals surface area (Å²) in [6.45, 7) is 5.59. The highest BCUT2D eigenvalue weighted by Gasteiger charge is 2.41. The lowest BCUT2D eigenvalue weighted by atomic mass is 9.84. The first-order valence-electron chi connectivity index (χ1n) is 5.50. The molecular formula is C12H15FN2O2. The van der Waals surface area contributed by atoms with E-state index in [4.69, 9.17) is 0 Å². The van der Waals surface area contributed by atoms with Crippen molar-refractivity contribution in [2.75, 3.05) is 6.54 Å². The molecule has 2 heterocycles. The summed E-state index contributed by atoms with van der Waals surface area (Å²) in [5.41, 5.74) is 0.0847. The Bertz CT molecular complexity index is 463. The molecule has 0 aliphatic carbocycles. The largest absolute Gasteiger partial charge is 0.481 e. The third-order valence-electron chi connectivity index (χ3n) is 3.62. The van der Waals surface area contributed by atoms with Crippen LogP contribution in [0.1, 0.15) is 20.8 Å². The maximum Gasteiger partial charge on any atom is 0.311 e. The third-order valence-corrected chi connectivity index (χ3v) is 3.62. The van der Waals surface area contributed by atoms with E-state index >= 15 is 0 Å². The lowest BCUT2D eigenvalue weighted by molar-refractivity contribution is -0.150. The third kappa shape index (κ3) is 1.66. The van der Waals surface area contributed by atoms with Crippen LogP contribution in [-0.4, -0.2) is 34.8 Å². The first-order valence-corrected chi connectivity index (χ1v) is 5.50. The predicted octanol–water partition coefficient (Wildman–Crippen LogP) is 1.95. The zero-order valence-electron chi connectivity index (χ0n) is 10.1. The van der Waals surface area contributed by atoms with Crippen LogP contribution in [-0.2, 0) is 4.79 Å². The molecule has 17 heavy (non-hydrogen) atoms. The van der Waals surface area contributed by atoms with Gasteiger partial charge in [-0.05, 0) is 26.8 Å². The van der Waals surface area contributed by atoms with Crippen LogP contribution in [0.4, 0.5) is 4.39 Å². The van der Waals surface area contributed by atoms with Crippen molar-refractivity contribution >= 4 is 12.2 Å². The van der Waals surface area contributed by atoms with E-state index in [9.17, 15) is 14.3 Å². The van der Waals surface area contributed by atoms with E-state index in [-0.39, 0.29) is 11.9 Å². The average Bonchev–Trinajstić information content (AvgIpc) is 2.81. The van der Waals surface area contributed by atoms with Crippen LogP contribution < -0.4 is 0 Å². The summed E-state index contributed by atoms with van der Waals surface area (Å²) < 4.78 is 13.6. The van der Waals surface area contributed by atoms with Gasteiger partial charge in [-0.3, -0.25) is 9.79 Å². The van der Waals surface area contributed by atoms with Crippen LogP contribution in [0.25, 0.3) is 0 Å².